The molecule has 0 fully saturated rings. The van der Waals surface area contributed by atoms with Crippen molar-refractivity contribution in [2.24, 2.45) is 0 Å². The first kappa shape index (κ1) is 15.8. The first-order valence-corrected chi connectivity index (χ1v) is 8.35. The quantitative estimate of drug-likeness (QED) is 0.715. The van der Waals surface area contributed by atoms with Crippen LogP contribution in [0, 0.1) is 0 Å². The highest BCUT2D eigenvalue weighted by atomic mass is 79.9. The molecule has 0 aromatic heterocycles. The topological polar surface area (TPSA) is 20.3 Å². The molecule has 2 aromatic carbocycles. The number of hydrogen-bond donors (Lipinski definition) is 0. The van der Waals surface area contributed by atoms with Crippen LogP contribution in [0.3, 0.4) is 0 Å². The van der Waals surface area contributed by atoms with Crippen molar-refractivity contribution in [1.82, 2.24) is 4.90 Å². The van der Waals surface area contributed by atoms with Gasteiger partial charge in [0.15, 0.2) is 0 Å². The van der Waals surface area contributed by atoms with Crippen molar-refractivity contribution in [2.45, 2.75) is 18.7 Å². The lowest BCUT2D eigenvalue weighted by Crippen LogP contribution is -2.32. The summed E-state index contributed by atoms with van der Waals surface area (Å²) < 4.78 is 0. The fourth-order valence-electron chi connectivity index (χ4n) is 2.23. The SMILES string of the molecule is CCN(CCc1ccccc1)C(=O)c1ccc(CBr)cc1. The maximum Gasteiger partial charge on any atom is 0.253 e. The van der Waals surface area contributed by atoms with E-state index in [0.717, 1.165) is 30.4 Å². The Hall–Kier alpha value is -1.61. The van der Waals surface area contributed by atoms with Gasteiger partial charge in [-0.25, -0.2) is 0 Å². The van der Waals surface area contributed by atoms with Crippen molar-refractivity contribution in [3.05, 3.63) is 71.3 Å². The van der Waals surface area contributed by atoms with E-state index < -0.39 is 0 Å². The standard InChI is InChI=1S/C18H20BrNO/c1-2-20(13-12-15-6-4-3-5-7-15)18(21)17-10-8-16(14-19)9-11-17/h3-11H,2,12-14H2,1H3. The smallest absolute Gasteiger partial charge is 0.253 e. The van der Waals surface area contributed by atoms with Crippen LogP contribution in [0.2, 0.25) is 0 Å². The van der Waals surface area contributed by atoms with Gasteiger partial charge in [0.1, 0.15) is 0 Å². The third-order valence-corrected chi connectivity index (χ3v) is 4.18. The van der Waals surface area contributed by atoms with Crippen LogP contribution in [0.4, 0.5) is 0 Å². The number of carbonyl (C=O) groups excluding carboxylic acids is 1. The summed E-state index contributed by atoms with van der Waals surface area (Å²) in [7, 11) is 0. The summed E-state index contributed by atoms with van der Waals surface area (Å²) in [6.45, 7) is 3.50. The normalized spacial score (nSPS) is 10.4. The highest BCUT2D eigenvalue weighted by Crippen LogP contribution is 2.11. The second-order valence-electron chi connectivity index (χ2n) is 4.95. The highest BCUT2D eigenvalue weighted by Gasteiger charge is 2.13. The van der Waals surface area contributed by atoms with Gasteiger partial charge in [0.25, 0.3) is 5.91 Å². The predicted octanol–water partition coefficient (Wildman–Crippen LogP) is 4.29. The second kappa shape index (κ2) is 7.99. The molecule has 0 unspecified atom stereocenters. The molecule has 0 atom stereocenters. The summed E-state index contributed by atoms with van der Waals surface area (Å²) >= 11 is 3.42. The Kier molecular flexibility index (Phi) is 6.00. The lowest BCUT2D eigenvalue weighted by Gasteiger charge is -2.21. The number of likely N-dealkylation sites (N-methyl/N-ethyl adjacent to an activating group) is 1. The lowest BCUT2D eigenvalue weighted by molar-refractivity contribution is 0.0766. The predicted molar refractivity (Wildman–Crippen MR) is 90.8 cm³/mol. The molecule has 0 radical (unpaired) electrons. The molecule has 0 saturated carbocycles. The summed E-state index contributed by atoms with van der Waals surface area (Å²) in [4.78, 5) is 14.4. The fourth-order valence-corrected chi connectivity index (χ4v) is 2.60. The summed E-state index contributed by atoms with van der Waals surface area (Å²) in [6.07, 6.45) is 0.889. The van der Waals surface area contributed by atoms with Crippen molar-refractivity contribution >= 4 is 21.8 Å². The van der Waals surface area contributed by atoms with Gasteiger partial charge in [-0.1, -0.05) is 58.4 Å². The third kappa shape index (κ3) is 4.43. The maximum absolute atomic E-state index is 12.5. The van der Waals surface area contributed by atoms with Gasteiger partial charge in [0.05, 0.1) is 0 Å². The van der Waals surface area contributed by atoms with Crippen LogP contribution in [0.5, 0.6) is 0 Å². The van der Waals surface area contributed by atoms with E-state index in [1.54, 1.807) is 0 Å². The van der Waals surface area contributed by atoms with Crippen molar-refractivity contribution in [1.29, 1.82) is 0 Å². The number of hydrogen-bond acceptors (Lipinski definition) is 1. The monoisotopic (exact) mass is 345 g/mol. The summed E-state index contributed by atoms with van der Waals surface area (Å²) in [5.74, 6) is 0.106. The van der Waals surface area contributed by atoms with Gasteiger partial charge in [-0.3, -0.25) is 4.79 Å². The van der Waals surface area contributed by atoms with Gasteiger partial charge < -0.3 is 4.90 Å². The van der Waals surface area contributed by atoms with Crippen LogP contribution in [0.15, 0.2) is 54.6 Å². The molecule has 21 heavy (non-hydrogen) atoms. The molecule has 110 valence electrons. The number of alkyl halides is 1. The number of benzene rings is 2. The second-order valence-corrected chi connectivity index (χ2v) is 5.51. The Balaban J connectivity index is 2.00. The van der Waals surface area contributed by atoms with Crippen LogP contribution in [0.1, 0.15) is 28.4 Å². The van der Waals surface area contributed by atoms with Crippen molar-refractivity contribution in [3.63, 3.8) is 0 Å². The van der Waals surface area contributed by atoms with Gasteiger partial charge in [0.2, 0.25) is 0 Å². The average Bonchev–Trinajstić information content (AvgIpc) is 2.56. The minimum atomic E-state index is 0.106. The molecule has 3 heteroatoms. The number of amides is 1. The molecular weight excluding hydrogens is 326 g/mol. The minimum Gasteiger partial charge on any atom is -0.339 e. The third-order valence-electron chi connectivity index (χ3n) is 3.54. The molecule has 0 bridgehead atoms. The van der Waals surface area contributed by atoms with E-state index in [1.165, 1.54) is 11.1 Å². The van der Waals surface area contributed by atoms with Gasteiger partial charge in [-0.2, -0.15) is 0 Å². The number of halogens is 1. The molecule has 2 rings (SSSR count). The number of nitrogens with zero attached hydrogens (tertiary/aromatic N) is 1. The first-order valence-electron chi connectivity index (χ1n) is 7.22. The van der Waals surface area contributed by atoms with E-state index in [-0.39, 0.29) is 5.91 Å². The molecule has 0 N–H and O–H groups in total. The maximum atomic E-state index is 12.5. The first-order chi connectivity index (χ1) is 10.2. The van der Waals surface area contributed by atoms with E-state index in [2.05, 4.69) is 28.1 Å². The molecule has 0 saturated heterocycles. The van der Waals surface area contributed by atoms with Gasteiger partial charge in [-0.05, 0) is 36.6 Å². The molecule has 0 spiro atoms. The molecule has 0 aliphatic carbocycles. The molecule has 2 aromatic rings. The average molecular weight is 346 g/mol. The molecule has 0 heterocycles. The fraction of sp³-hybridized carbons (Fsp3) is 0.278. The molecule has 0 aliphatic heterocycles. The van der Waals surface area contributed by atoms with Crippen molar-refractivity contribution in [3.8, 4) is 0 Å². The zero-order valence-corrected chi connectivity index (χ0v) is 13.8. The van der Waals surface area contributed by atoms with Crippen molar-refractivity contribution in [2.75, 3.05) is 13.1 Å². The van der Waals surface area contributed by atoms with Crippen LogP contribution in [-0.2, 0) is 11.8 Å². The van der Waals surface area contributed by atoms with E-state index in [4.69, 9.17) is 0 Å². The van der Waals surface area contributed by atoms with Crippen LogP contribution < -0.4 is 0 Å². The molecule has 0 aliphatic rings. The molecule has 1 amide bonds. The highest BCUT2D eigenvalue weighted by molar-refractivity contribution is 9.08. The molecule has 2 nitrogen and oxygen atoms in total. The molecular formula is C18H20BrNO. The Bertz CT molecular complexity index is 566. The zero-order chi connectivity index (χ0) is 15.1. The minimum absolute atomic E-state index is 0.106. The van der Waals surface area contributed by atoms with Gasteiger partial charge >= 0.3 is 0 Å². The van der Waals surface area contributed by atoms with E-state index >= 15 is 0 Å². The van der Waals surface area contributed by atoms with Crippen molar-refractivity contribution < 1.29 is 4.79 Å². The zero-order valence-electron chi connectivity index (χ0n) is 12.3. The Morgan fingerprint density at radius 3 is 2.24 bits per heavy atom. The summed E-state index contributed by atoms with van der Waals surface area (Å²) in [5, 5.41) is 0.812. The van der Waals surface area contributed by atoms with Crippen LogP contribution in [-0.4, -0.2) is 23.9 Å². The Morgan fingerprint density at radius 1 is 1.00 bits per heavy atom. The summed E-state index contributed by atoms with van der Waals surface area (Å²) in [5.41, 5.74) is 3.20. The van der Waals surface area contributed by atoms with Gasteiger partial charge in [0, 0.05) is 24.0 Å². The van der Waals surface area contributed by atoms with E-state index in [0.29, 0.717) is 0 Å². The lowest BCUT2D eigenvalue weighted by atomic mass is 10.1. The van der Waals surface area contributed by atoms with Gasteiger partial charge in [-0.15, -0.1) is 0 Å². The summed E-state index contributed by atoms with van der Waals surface area (Å²) in [6, 6.07) is 18.1. The Labute approximate surface area is 134 Å². The van der Waals surface area contributed by atoms with E-state index in [9.17, 15) is 4.79 Å². The number of rotatable bonds is 6. The van der Waals surface area contributed by atoms with Crippen LogP contribution in [0.25, 0.3) is 0 Å². The number of carbonyl (C=O) groups is 1. The Morgan fingerprint density at radius 2 is 1.67 bits per heavy atom. The van der Waals surface area contributed by atoms with Crippen LogP contribution >= 0.6 is 15.9 Å². The van der Waals surface area contributed by atoms with E-state index in [1.807, 2.05) is 54.3 Å². The largest absolute Gasteiger partial charge is 0.339 e.